The van der Waals surface area contributed by atoms with Crippen molar-refractivity contribution in [2.24, 2.45) is 5.92 Å². The van der Waals surface area contributed by atoms with Crippen LogP contribution in [0.3, 0.4) is 0 Å². The van der Waals surface area contributed by atoms with Crippen molar-refractivity contribution in [3.8, 4) is 0 Å². The lowest BCUT2D eigenvalue weighted by Gasteiger charge is -2.09. The molecule has 19 heavy (non-hydrogen) atoms. The zero-order valence-corrected chi connectivity index (χ0v) is 11.3. The van der Waals surface area contributed by atoms with Crippen LogP contribution in [0.2, 0.25) is 0 Å². The first-order valence-electron chi connectivity index (χ1n) is 6.79. The van der Waals surface area contributed by atoms with Gasteiger partial charge in [0.1, 0.15) is 0 Å². The number of nitrogens with one attached hydrogen (secondary N) is 2. The van der Waals surface area contributed by atoms with E-state index < -0.39 is 0 Å². The van der Waals surface area contributed by atoms with E-state index in [0.717, 1.165) is 24.6 Å². The van der Waals surface area contributed by atoms with E-state index in [-0.39, 0.29) is 5.91 Å². The van der Waals surface area contributed by atoms with Crippen LogP contribution in [-0.2, 0) is 4.74 Å². The van der Waals surface area contributed by atoms with Gasteiger partial charge in [0.2, 0.25) is 0 Å². The molecule has 2 rings (SSSR count). The van der Waals surface area contributed by atoms with Crippen molar-refractivity contribution >= 4 is 11.6 Å². The minimum atomic E-state index is -0.0976. The monoisotopic (exact) mass is 263 g/mol. The van der Waals surface area contributed by atoms with Gasteiger partial charge in [0.15, 0.2) is 0 Å². The van der Waals surface area contributed by atoms with Crippen LogP contribution < -0.4 is 10.6 Å². The average Bonchev–Trinajstić information content (AvgIpc) is 3.26. The van der Waals surface area contributed by atoms with Crippen molar-refractivity contribution in [2.75, 3.05) is 32.1 Å². The van der Waals surface area contributed by atoms with Crippen LogP contribution in [0.15, 0.2) is 18.5 Å². The van der Waals surface area contributed by atoms with E-state index >= 15 is 0 Å². The molecule has 104 valence electrons. The summed E-state index contributed by atoms with van der Waals surface area (Å²) in [6, 6.07) is 1.79. The third-order valence-electron chi connectivity index (χ3n) is 3.14. The molecule has 0 spiro atoms. The fourth-order valence-electron chi connectivity index (χ4n) is 1.80. The molecule has 0 unspecified atom stereocenters. The number of aromatic nitrogens is 1. The van der Waals surface area contributed by atoms with Gasteiger partial charge in [-0.1, -0.05) is 0 Å². The zero-order chi connectivity index (χ0) is 13.5. The molecule has 1 saturated carbocycles. The van der Waals surface area contributed by atoms with Gasteiger partial charge in [-0.15, -0.1) is 0 Å². The predicted octanol–water partition coefficient (Wildman–Crippen LogP) is 1.67. The van der Waals surface area contributed by atoms with Gasteiger partial charge >= 0.3 is 0 Å². The Balaban J connectivity index is 1.65. The average molecular weight is 263 g/mol. The maximum atomic E-state index is 11.9. The molecule has 0 saturated heterocycles. The molecular weight excluding hydrogens is 242 g/mol. The van der Waals surface area contributed by atoms with Gasteiger partial charge < -0.3 is 15.4 Å². The van der Waals surface area contributed by atoms with Crippen molar-refractivity contribution in [1.82, 2.24) is 10.3 Å². The highest BCUT2D eigenvalue weighted by molar-refractivity contribution is 5.99. The van der Waals surface area contributed by atoms with E-state index in [1.807, 2.05) is 0 Å². The number of hydrogen-bond donors (Lipinski definition) is 2. The number of hydrogen-bond acceptors (Lipinski definition) is 4. The van der Waals surface area contributed by atoms with E-state index in [9.17, 15) is 4.79 Å². The van der Waals surface area contributed by atoms with Gasteiger partial charge in [0.25, 0.3) is 5.91 Å². The summed E-state index contributed by atoms with van der Waals surface area (Å²) in [6.45, 7) is 2.21. The summed E-state index contributed by atoms with van der Waals surface area (Å²) >= 11 is 0. The normalized spacial score (nSPS) is 14.2. The van der Waals surface area contributed by atoms with Gasteiger partial charge in [-0.2, -0.15) is 0 Å². The van der Waals surface area contributed by atoms with Gasteiger partial charge in [0, 0.05) is 44.9 Å². The van der Waals surface area contributed by atoms with Gasteiger partial charge in [0.05, 0.1) is 5.56 Å². The molecule has 5 heteroatoms. The highest BCUT2D eigenvalue weighted by Gasteiger charge is 2.20. The number of carbonyl (C=O) groups is 1. The molecule has 1 aromatic heterocycles. The lowest BCUT2D eigenvalue weighted by atomic mass is 10.2. The molecule has 1 fully saturated rings. The Morgan fingerprint density at radius 3 is 3.11 bits per heavy atom. The summed E-state index contributed by atoms with van der Waals surface area (Å²) < 4.78 is 5.51. The van der Waals surface area contributed by atoms with Crippen LogP contribution in [0.25, 0.3) is 0 Å². The first-order valence-corrected chi connectivity index (χ1v) is 6.79. The molecule has 5 nitrogen and oxygen atoms in total. The fourth-order valence-corrected chi connectivity index (χ4v) is 1.80. The quantitative estimate of drug-likeness (QED) is 0.700. The number of amides is 1. The fraction of sp³-hybridized carbons (Fsp3) is 0.571. The largest absolute Gasteiger partial charge is 0.387 e. The smallest absolute Gasteiger partial charge is 0.254 e. The third-order valence-corrected chi connectivity index (χ3v) is 3.14. The highest BCUT2D eigenvalue weighted by atomic mass is 16.5. The second-order valence-corrected chi connectivity index (χ2v) is 4.80. The Bertz CT molecular complexity index is 419. The summed E-state index contributed by atoms with van der Waals surface area (Å²) in [5, 5.41) is 5.86. The van der Waals surface area contributed by atoms with E-state index in [4.69, 9.17) is 4.74 Å². The van der Waals surface area contributed by atoms with Crippen LogP contribution in [0.4, 0.5) is 5.69 Å². The van der Waals surface area contributed by atoms with Crippen LogP contribution >= 0.6 is 0 Å². The van der Waals surface area contributed by atoms with Gasteiger partial charge in [-0.05, 0) is 31.2 Å². The molecule has 0 atom stereocenters. The molecule has 1 aromatic rings. The maximum absolute atomic E-state index is 11.9. The molecule has 0 radical (unpaired) electrons. The number of carbonyl (C=O) groups excluding carboxylic acids is 1. The SMILES string of the molecule is CNc1ccncc1C(=O)NCCCOCC1CC1. The highest BCUT2D eigenvalue weighted by Crippen LogP contribution is 2.28. The standard InChI is InChI=1S/C14H21N3O2/c1-15-13-5-7-16-9-12(13)14(18)17-6-2-8-19-10-11-3-4-11/h5,7,9,11H,2-4,6,8,10H2,1H3,(H,15,16)(H,17,18). The number of anilines is 1. The molecule has 2 N–H and O–H groups in total. The topological polar surface area (TPSA) is 63.2 Å². The Hall–Kier alpha value is -1.62. The molecule has 1 aliphatic carbocycles. The molecule has 1 heterocycles. The van der Waals surface area contributed by atoms with Crippen LogP contribution in [0.5, 0.6) is 0 Å². The number of rotatable bonds is 8. The second-order valence-electron chi connectivity index (χ2n) is 4.80. The Kier molecular flexibility index (Phi) is 5.15. The van der Waals surface area contributed by atoms with Crippen LogP contribution in [-0.4, -0.2) is 37.7 Å². The summed E-state index contributed by atoms with van der Waals surface area (Å²) in [7, 11) is 1.79. The molecule has 1 amide bonds. The number of pyridine rings is 1. The van der Waals surface area contributed by atoms with Crippen molar-refractivity contribution in [1.29, 1.82) is 0 Å². The van der Waals surface area contributed by atoms with Gasteiger partial charge in [-0.25, -0.2) is 0 Å². The Labute approximate surface area is 113 Å². The Morgan fingerprint density at radius 2 is 2.37 bits per heavy atom. The van der Waals surface area contributed by atoms with Gasteiger partial charge in [-0.3, -0.25) is 9.78 Å². The van der Waals surface area contributed by atoms with Crippen LogP contribution in [0, 0.1) is 5.92 Å². The summed E-state index contributed by atoms with van der Waals surface area (Å²) in [5.41, 5.74) is 1.36. The van der Waals surface area contributed by atoms with Crippen molar-refractivity contribution < 1.29 is 9.53 Å². The van der Waals surface area contributed by atoms with Crippen molar-refractivity contribution in [3.63, 3.8) is 0 Å². The number of nitrogens with zero attached hydrogens (tertiary/aromatic N) is 1. The predicted molar refractivity (Wildman–Crippen MR) is 74.3 cm³/mol. The minimum Gasteiger partial charge on any atom is -0.387 e. The number of ether oxygens (including phenoxy) is 1. The van der Waals surface area contributed by atoms with E-state index in [0.29, 0.717) is 18.7 Å². The van der Waals surface area contributed by atoms with E-state index in [1.165, 1.54) is 12.8 Å². The summed E-state index contributed by atoms with van der Waals surface area (Å²) in [4.78, 5) is 15.9. The molecule has 0 aliphatic heterocycles. The Morgan fingerprint density at radius 1 is 1.53 bits per heavy atom. The lowest BCUT2D eigenvalue weighted by molar-refractivity contribution is 0.0938. The summed E-state index contributed by atoms with van der Waals surface area (Å²) in [6.07, 6.45) is 6.70. The third kappa shape index (κ3) is 4.52. The van der Waals surface area contributed by atoms with E-state index in [2.05, 4.69) is 15.6 Å². The zero-order valence-electron chi connectivity index (χ0n) is 11.3. The lowest BCUT2D eigenvalue weighted by Crippen LogP contribution is -2.26. The van der Waals surface area contributed by atoms with E-state index in [1.54, 1.807) is 25.5 Å². The molecular formula is C14H21N3O2. The molecule has 1 aliphatic rings. The van der Waals surface area contributed by atoms with Crippen molar-refractivity contribution in [2.45, 2.75) is 19.3 Å². The van der Waals surface area contributed by atoms with Crippen molar-refractivity contribution in [3.05, 3.63) is 24.0 Å². The molecule has 0 aromatic carbocycles. The first kappa shape index (κ1) is 13.8. The minimum absolute atomic E-state index is 0.0976. The first-order chi connectivity index (χ1) is 9.31. The maximum Gasteiger partial charge on any atom is 0.254 e. The molecule has 0 bridgehead atoms. The summed E-state index contributed by atoms with van der Waals surface area (Å²) in [5.74, 6) is 0.697. The van der Waals surface area contributed by atoms with Crippen LogP contribution in [0.1, 0.15) is 29.6 Å². The second kappa shape index (κ2) is 7.09.